The second-order valence-electron chi connectivity index (χ2n) is 8.24. The van der Waals surface area contributed by atoms with Crippen molar-refractivity contribution in [2.45, 2.75) is 70.0 Å². The average Bonchev–Trinajstić information content (AvgIpc) is 3.21. The highest BCUT2D eigenvalue weighted by molar-refractivity contribution is 5.65. The molecule has 0 radical (unpaired) electrons. The van der Waals surface area contributed by atoms with Crippen LogP contribution < -0.4 is 0 Å². The summed E-state index contributed by atoms with van der Waals surface area (Å²) in [7, 11) is 0. The van der Waals surface area contributed by atoms with E-state index in [2.05, 4.69) is 51.2 Å². The van der Waals surface area contributed by atoms with Gasteiger partial charge in [-0.15, -0.1) is 0 Å². The summed E-state index contributed by atoms with van der Waals surface area (Å²) in [6.07, 6.45) is 8.06. The van der Waals surface area contributed by atoms with Gasteiger partial charge in [-0.1, -0.05) is 19.1 Å². The minimum Gasteiger partial charge on any atom is -0.360 e. The van der Waals surface area contributed by atoms with Crippen molar-refractivity contribution < 1.29 is 4.74 Å². The third kappa shape index (κ3) is 1.84. The van der Waals surface area contributed by atoms with E-state index in [9.17, 15) is 0 Å². The number of hydrogen-bond acceptors (Lipinski definition) is 2. The zero-order valence-corrected chi connectivity index (χ0v) is 14.9. The number of fused-ring (bicyclic) bond motifs is 6. The van der Waals surface area contributed by atoms with Gasteiger partial charge in [-0.25, -0.2) is 0 Å². The van der Waals surface area contributed by atoms with Gasteiger partial charge in [0.25, 0.3) is 0 Å². The number of nitrogens with zero attached hydrogens (tertiary/aromatic N) is 1. The van der Waals surface area contributed by atoms with Gasteiger partial charge < -0.3 is 4.74 Å². The van der Waals surface area contributed by atoms with E-state index in [0.717, 1.165) is 18.5 Å². The predicted octanol–water partition coefficient (Wildman–Crippen LogP) is 5.44. The van der Waals surface area contributed by atoms with Crippen LogP contribution in [0.3, 0.4) is 0 Å². The minimum absolute atomic E-state index is 0.0821. The number of rotatable bonds is 2. The third-order valence-corrected chi connectivity index (χ3v) is 6.70. The number of benzene rings is 1. The molecule has 1 aliphatic carbocycles. The van der Waals surface area contributed by atoms with Crippen LogP contribution in [-0.2, 0) is 22.4 Å². The summed E-state index contributed by atoms with van der Waals surface area (Å²) in [5, 5.41) is 0. The molecule has 124 valence electrons. The lowest BCUT2D eigenvalue weighted by atomic mass is 9.77. The summed E-state index contributed by atoms with van der Waals surface area (Å²) in [5.74, 6) is 0.715. The molecule has 3 unspecified atom stereocenters. The molecule has 5 rings (SSSR count). The highest BCUT2D eigenvalue weighted by Gasteiger charge is 2.54. The fourth-order valence-corrected chi connectivity index (χ4v) is 5.21. The molecule has 0 saturated carbocycles. The van der Waals surface area contributed by atoms with Crippen molar-refractivity contribution in [2.75, 3.05) is 0 Å². The van der Waals surface area contributed by atoms with Crippen molar-refractivity contribution in [3.05, 3.63) is 52.7 Å². The van der Waals surface area contributed by atoms with Crippen molar-refractivity contribution in [3.63, 3.8) is 0 Å². The molecule has 3 atom stereocenters. The molecule has 2 nitrogen and oxygen atoms in total. The van der Waals surface area contributed by atoms with E-state index in [1.807, 2.05) is 0 Å². The largest absolute Gasteiger partial charge is 0.360 e. The Hall–Kier alpha value is -1.67. The van der Waals surface area contributed by atoms with Gasteiger partial charge in [0.05, 0.1) is 16.9 Å². The summed E-state index contributed by atoms with van der Waals surface area (Å²) in [5.41, 5.74) is 7.90. The van der Waals surface area contributed by atoms with E-state index in [0.29, 0.717) is 5.92 Å². The molecule has 1 aromatic carbocycles. The lowest BCUT2D eigenvalue weighted by molar-refractivity contribution is -0.0662. The first kappa shape index (κ1) is 14.7. The van der Waals surface area contributed by atoms with Crippen LogP contribution >= 0.6 is 0 Å². The molecule has 2 aliphatic heterocycles. The van der Waals surface area contributed by atoms with E-state index >= 15 is 0 Å². The van der Waals surface area contributed by atoms with E-state index in [-0.39, 0.29) is 11.2 Å². The molecule has 0 spiro atoms. The fourth-order valence-electron chi connectivity index (χ4n) is 5.21. The van der Waals surface area contributed by atoms with Gasteiger partial charge in [0.2, 0.25) is 0 Å². The second-order valence-corrected chi connectivity index (χ2v) is 8.24. The molecule has 1 fully saturated rings. The Kier molecular flexibility index (Phi) is 2.87. The SMILES string of the molecule is CCC1CCc2cnc(-c3ccc4c(c3)C3(C)CCC4(C)O3)cc21. The molecule has 3 aliphatic rings. The Morgan fingerprint density at radius 1 is 1.12 bits per heavy atom. The Balaban J connectivity index is 1.61. The molecule has 3 heterocycles. The monoisotopic (exact) mass is 319 g/mol. The van der Waals surface area contributed by atoms with Crippen molar-refractivity contribution in [1.29, 1.82) is 0 Å². The Morgan fingerprint density at radius 3 is 2.71 bits per heavy atom. The summed E-state index contributed by atoms with van der Waals surface area (Å²) >= 11 is 0. The van der Waals surface area contributed by atoms with Crippen molar-refractivity contribution >= 4 is 0 Å². The van der Waals surface area contributed by atoms with Gasteiger partial charge in [0, 0.05) is 11.8 Å². The third-order valence-electron chi connectivity index (χ3n) is 6.70. The Morgan fingerprint density at radius 2 is 1.92 bits per heavy atom. The zero-order valence-electron chi connectivity index (χ0n) is 14.9. The lowest BCUT2D eigenvalue weighted by Crippen LogP contribution is -2.17. The smallest absolute Gasteiger partial charge is 0.0920 e. The molecular formula is C22H25NO. The number of hydrogen-bond donors (Lipinski definition) is 0. The maximum Gasteiger partial charge on any atom is 0.0920 e. The van der Waals surface area contributed by atoms with Crippen LogP contribution in [0.15, 0.2) is 30.5 Å². The van der Waals surface area contributed by atoms with Crippen LogP contribution in [0.5, 0.6) is 0 Å². The molecule has 2 heteroatoms. The predicted molar refractivity (Wildman–Crippen MR) is 96.0 cm³/mol. The van der Waals surface area contributed by atoms with Crippen molar-refractivity contribution in [1.82, 2.24) is 4.98 Å². The molecule has 2 aromatic rings. The quantitative estimate of drug-likeness (QED) is 0.735. The van der Waals surface area contributed by atoms with Crippen LogP contribution in [0.2, 0.25) is 0 Å². The first-order valence-electron chi connectivity index (χ1n) is 9.37. The number of ether oxygens (including phenoxy) is 1. The molecule has 1 aromatic heterocycles. The van der Waals surface area contributed by atoms with Crippen molar-refractivity contribution in [3.8, 4) is 11.3 Å². The average molecular weight is 319 g/mol. The van der Waals surface area contributed by atoms with Gasteiger partial charge >= 0.3 is 0 Å². The van der Waals surface area contributed by atoms with Crippen LogP contribution in [0, 0.1) is 0 Å². The van der Waals surface area contributed by atoms with E-state index in [1.54, 1.807) is 0 Å². The summed E-state index contributed by atoms with van der Waals surface area (Å²) in [4.78, 5) is 4.78. The molecule has 24 heavy (non-hydrogen) atoms. The Labute approximate surface area is 144 Å². The lowest BCUT2D eigenvalue weighted by Gasteiger charge is -2.23. The highest BCUT2D eigenvalue weighted by atomic mass is 16.5. The maximum atomic E-state index is 6.40. The van der Waals surface area contributed by atoms with E-state index in [1.165, 1.54) is 47.1 Å². The number of aryl methyl sites for hydroxylation is 1. The second kappa shape index (κ2) is 4.70. The molecule has 0 amide bonds. The topological polar surface area (TPSA) is 22.1 Å². The minimum atomic E-state index is -0.108. The fraction of sp³-hybridized carbons (Fsp3) is 0.500. The van der Waals surface area contributed by atoms with Gasteiger partial charge in [0.15, 0.2) is 0 Å². The standard InChI is InChI=1S/C22H25NO/c1-4-14-5-6-16-13-23-20(12-17(14)16)15-7-8-18-19(11-15)22(3)10-9-21(18,2)24-22/h7-8,11-14H,4-6,9-10H2,1-3H3. The van der Waals surface area contributed by atoms with Crippen LogP contribution in [-0.4, -0.2) is 4.98 Å². The van der Waals surface area contributed by atoms with Gasteiger partial charge in [-0.05, 0) is 86.3 Å². The van der Waals surface area contributed by atoms with Gasteiger partial charge in [0.1, 0.15) is 0 Å². The summed E-state index contributed by atoms with van der Waals surface area (Å²) < 4.78 is 6.40. The maximum absolute atomic E-state index is 6.40. The summed E-state index contributed by atoms with van der Waals surface area (Å²) in [6, 6.07) is 9.20. The zero-order chi connectivity index (χ0) is 16.5. The molecule has 1 saturated heterocycles. The molecular weight excluding hydrogens is 294 g/mol. The first-order valence-corrected chi connectivity index (χ1v) is 9.37. The van der Waals surface area contributed by atoms with Crippen LogP contribution in [0.1, 0.15) is 74.6 Å². The molecule has 0 N–H and O–H groups in total. The number of aromatic nitrogens is 1. The van der Waals surface area contributed by atoms with E-state index in [4.69, 9.17) is 9.72 Å². The normalized spacial score (nSPS) is 32.9. The Bertz CT molecular complexity index is 842. The van der Waals surface area contributed by atoms with Crippen LogP contribution in [0.4, 0.5) is 0 Å². The van der Waals surface area contributed by atoms with Crippen molar-refractivity contribution in [2.24, 2.45) is 0 Å². The highest BCUT2D eigenvalue weighted by Crippen LogP contribution is 2.58. The number of pyridine rings is 1. The van der Waals surface area contributed by atoms with Gasteiger partial charge in [-0.3, -0.25) is 4.98 Å². The molecule has 2 bridgehead atoms. The van der Waals surface area contributed by atoms with Crippen LogP contribution in [0.25, 0.3) is 11.3 Å². The first-order chi connectivity index (χ1) is 11.5. The summed E-state index contributed by atoms with van der Waals surface area (Å²) in [6.45, 7) is 6.78. The van der Waals surface area contributed by atoms with Gasteiger partial charge in [-0.2, -0.15) is 0 Å². The van der Waals surface area contributed by atoms with E-state index < -0.39 is 0 Å².